The minimum atomic E-state index is -2.24. The van der Waals surface area contributed by atoms with Crippen molar-refractivity contribution in [3.8, 4) is 0 Å². The first kappa shape index (κ1) is 27.3. The summed E-state index contributed by atoms with van der Waals surface area (Å²) in [5.74, 6) is -11.3. The van der Waals surface area contributed by atoms with E-state index in [-0.39, 0.29) is 0 Å². The highest BCUT2D eigenvalue weighted by Crippen LogP contribution is 2.63. The van der Waals surface area contributed by atoms with Crippen LogP contribution in [0.3, 0.4) is 0 Å². The van der Waals surface area contributed by atoms with E-state index in [4.69, 9.17) is 4.74 Å². The number of aliphatic hydroxyl groups is 1. The van der Waals surface area contributed by atoms with Crippen LogP contribution < -0.4 is 0 Å². The van der Waals surface area contributed by atoms with Crippen LogP contribution in [0.1, 0.15) is 41.5 Å². The van der Waals surface area contributed by atoms with Crippen LogP contribution in [0.5, 0.6) is 0 Å². The summed E-state index contributed by atoms with van der Waals surface area (Å²) in [7, 11) is 0. The molecular weight excluding hydrogens is 464 g/mol. The molecule has 3 aliphatic carbocycles. The van der Waals surface area contributed by atoms with Gasteiger partial charge in [-0.05, 0) is 53.7 Å². The highest BCUT2D eigenvalue weighted by molar-refractivity contribution is 6.25. The zero-order chi connectivity index (χ0) is 27.2. The van der Waals surface area contributed by atoms with E-state index in [1.165, 1.54) is 52.0 Å². The molecule has 0 aromatic heterocycles. The van der Waals surface area contributed by atoms with Gasteiger partial charge in [-0.15, -0.1) is 0 Å². The standard InChI is InChI=1S/C28H32O8/c1-7-9-11-13-16(29)18-20-21(28(6)22(31)15(3)24(33)36-28)19(17(30)14-12-10-8-2)26(4,23(18)32)25(34)27(20,5)35/h7-15,18-21,35H,1-6H3/b9-7+,10-8+,13-11+,14-12+/t15?,18?,19-,20-,21-,26+,27+,28-/m1/s1. The summed E-state index contributed by atoms with van der Waals surface area (Å²) < 4.78 is 5.55. The monoisotopic (exact) mass is 496 g/mol. The number of rotatable bonds is 7. The molecule has 3 saturated carbocycles. The Morgan fingerprint density at radius 1 is 0.833 bits per heavy atom. The Balaban J connectivity index is 2.33. The quantitative estimate of drug-likeness (QED) is 0.246. The third-order valence-electron chi connectivity index (χ3n) is 8.03. The van der Waals surface area contributed by atoms with Crippen LogP contribution >= 0.6 is 0 Å². The van der Waals surface area contributed by atoms with E-state index in [1.807, 2.05) is 0 Å². The summed E-state index contributed by atoms with van der Waals surface area (Å²) in [4.78, 5) is 80.1. The molecule has 2 unspecified atom stereocenters. The van der Waals surface area contributed by atoms with Crippen LogP contribution in [0, 0.1) is 35.0 Å². The molecule has 1 N–H and O–H groups in total. The number of hydrogen-bond donors (Lipinski definition) is 1. The minimum absolute atomic E-state index is 0.629. The fraction of sp³-hybridized carbons (Fsp3) is 0.500. The van der Waals surface area contributed by atoms with Gasteiger partial charge in [0.05, 0.1) is 11.3 Å². The van der Waals surface area contributed by atoms with Crippen LogP contribution in [-0.2, 0) is 33.5 Å². The number of carbonyl (C=O) groups is 6. The van der Waals surface area contributed by atoms with E-state index in [2.05, 4.69) is 0 Å². The molecule has 0 radical (unpaired) electrons. The van der Waals surface area contributed by atoms with E-state index in [1.54, 1.807) is 38.2 Å². The van der Waals surface area contributed by atoms with Gasteiger partial charge >= 0.3 is 5.97 Å². The number of allylic oxidation sites excluding steroid dienone is 8. The summed E-state index contributed by atoms with van der Waals surface area (Å²) in [6.45, 7) is 8.62. The summed E-state index contributed by atoms with van der Waals surface area (Å²) in [6.07, 6.45) is 11.7. The minimum Gasteiger partial charge on any atom is -0.450 e. The average Bonchev–Trinajstić information content (AvgIpc) is 3.01. The molecule has 1 aliphatic heterocycles. The summed E-state index contributed by atoms with van der Waals surface area (Å²) in [5.41, 5.74) is -6.31. The molecule has 192 valence electrons. The van der Waals surface area contributed by atoms with Gasteiger partial charge in [0, 0.05) is 17.8 Å². The number of cyclic esters (lactones) is 1. The number of ketones is 5. The van der Waals surface area contributed by atoms with Gasteiger partial charge < -0.3 is 9.84 Å². The number of fused-ring (bicyclic) bond motifs is 3. The Morgan fingerprint density at radius 3 is 1.83 bits per heavy atom. The van der Waals surface area contributed by atoms with Crippen molar-refractivity contribution in [3.63, 3.8) is 0 Å². The van der Waals surface area contributed by atoms with Crippen LogP contribution in [0.15, 0.2) is 48.6 Å². The first-order valence-electron chi connectivity index (χ1n) is 12.0. The number of Topliss-reactive ketones (excluding diaryl/α,β-unsaturated/α-hetero) is 3. The largest absolute Gasteiger partial charge is 0.450 e. The number of hydrogen-bond acceptors (Lipinski definition) is 8. The van der Waals surface area contributed by atoms with Crippen molar-refractivity contribution in [2.75, 3.05) is 0 Å². The second-order valence-corrected chi connectivity index (χ2v) is 10.2. The van der Waals surface area contributed by atoms with Gasteiger partial charge in [0.1, 0.15) is 11.5 Å². The summed E-state index contributed by atoms with van der Waals surface area (Å²) >= 11 is 0. The van der Waals surface area contributed by atoms with Crippen LogP contribution in [0.2, 0.25) is 0 Å². The Hall–Kier alpha value is -3.26. The first-order chi connectivity index (χ1) is 16.7. The van der Waals surface area contributed by atoms with E-state index in [0.29, 0.717) is 0 Å². The second kappa shape index (κ2) is 9.32. The zero-order valence-corrected chi connectivity index (χ0v) is 21.3. The molecule has 36 heavy (non-hydrogen) atoms. The van der Waals surface area contributed by atoms with Crippen molar-refractivity contribution in [2.24, 2.45) is 35.0 Å². The lowest BCUT2D eigenvalue weighted by atomic mass is 9.39. The molecule has 8 atom stereocenters. The highest BCUT2D eigenvalue weighted by atomic mass is 16.6. The van der Waals surface area contributed by atoms with Crippen LogP contribution in [0.4, 0.5) is 0 Å². The molecule has 4 aliphatic rings. The third kappa shape index (κ3) is 3.70. The number of esters is 1. The molecule has 4 rings (SSSR count). The van der Waals surface area contributed by atoms with Gasteiger partial charge in [-0.25, -0.2) is 0 Å². The Labute approximate surface area is 210 Å². The number of ether oxygens (including phenoxy) is 1. The van der Waals surface area contributed by atoms with Gasteiger partial charge in [0.2, 0.25) is 0 Å². The maximum atomic E-state index is 13.8. The lowest BCUT2D eigenvalue weighted by molar-refractivity contribution is -0.219. The molecule has 0 aromatic rings. The lowest BCUT2D eigenvalue weighted by Crippen LogP contribution is -2.78. The predicted molar refractivity (Wildman–Crippen MR) is 129 cm³/mol. The molecule has 4 fully saturated rings. The van der Waals surface area contributed by atoms with Gasteiger partial charge in [0.15, 0.2) is 34.5 Å². The van der Waals surface area contributed by atoms with Crippen LogP contribution in [0.25, 0.3) is 0 Å². The zero-order valence-electron chi connectivity index (χ0n) is 21.3. The van der Waals surface area contributed by atoms with E-state index < -0.39 is 81.1 Å². The maximum Gasteiger partial charge on any atom is 0.317 e. The third-order valence-corrected chi connectivity index (χ3v) is 8.03. The highest BCUT2D eigenvalue weighted by Gasteiger charge is 2.79. The SMILES string of the molecule is C/C=C/C=C/C(=O)C1C(=O)[C@@]2(C)C(=O)[C@@](C)(O)[C@H]1[C@H]([C@@]1(C)OC(=O)C(C)C1=O)[C@H]2C(=O)/C=C/C=C/C. The Kier molecular flexibility index (Phi) is 7.07. The van der Waals surface area contributed by atoms with Crippen molar-refractivity contribution in [1.82, 2.24) is 0 Å². The topological polar surface area (TPSA) is 132 Å². The van der Waals surface area contributed by atoms with E-state index in [0.717, 1.165) is 0 Å². The fourth-order valence-corrected chi connectivity index (χ4v) is 6.29. The summed E-state index contributed by atoms with van der Waals surface area (Å²) in [6, 6.07) is 0. The Morgan fingerprint density at radius 2 is 1.36 bits per heavy atom. The first-order valence-corrected chi connectivity index (χ1v) is 12.0. The average molecular weight is 497 g/mol. The van der Waals surface area contributed by atoms with Gasteiger partial charge in [0.25, 0.3) is 0 Å². The smallest absolute Gasteiger partial charge is 0.317 e. The maximum absolute atomic E-state index is 13.8. The van der Waals surface area contributed by atoms with Gasteiger partial charge in [-0.2, -0.15) is 0 Å². The molecule has 1 heterocycles. The van der Waals surface area contributed by atoms with Crippen molar-refractivity contribution >= 4 is 34.9 Å². The van der Waals surface area contributed by atoms with Crippen molar-refractivity contribution in [2.45, 2.75) is 52.7 Å². The molecule has 0 amide bonds. The molecule has 8 nitrogen and oxygen atoms in total. The fourth-order valence-electron chi connectivity index (χ4n) is 6.29. The predicted octanol–water partition coefficient (Wildman–Crippen LogP) is 2.30. The van der Waals surface area contributed by atoms with Crippen molar-refractivity contribution in [1.29, 1.82) is 0 Å². The lowest BCUT2D eigenvalue weighted by Gasteiger charge is -2.62. The molecule has 0 aromatic carbocycles. The molecular formula is C28H32O8. The van der Waals surface area contributed by atoms with E-state index in [9.17, 15) is 33.9 Å². The summed E-state index contributed by atoms with van der Waals surface area (Å²) in [5, 5.41) is 11.5. The van der Waals surface area contributed by atoms with Crippen LogP contribution in [-0.4, -0.2) is 51.2 Å². The second-order valence-electron chi connectivity index (χ2n) is 10.2. The van der Waals surface area contributed by atoms with E-state index >= 15 is 0 Å². The molecule has 2 bridgehead atoms. The van der Waals surface area contributed by atoms with Gasteiger partial charge in [-0.1, -0.05) is 36.5 Å². The Bertz CT molecular complexity index is 1150. The van der Waals surface area contributed by atoms with Crippen molar-refractivity contribution in [3.05, 3.63) is 48.6 Å². The normalized spacial score (nSPS) is 40.9. The van der Waals surface area contributed by atoms with Crippen molar-refractivity contribution < 1.29 is 38.6 Å². The molecule has 1 saturated heterocycles. The molecule has 8 heteroatoms. The molecule has 0 spiro atoms. The van der Waals surface area contributed by atoms with Gasteiger partial charge in [-0.3, -0.25) is 28.8 Å². The number of carbonyl (C=O) groups excluding carboxylic acids is 6.